The quantitative estimate of drug-likeness (QED) is 0.896. The Labute approximate surface area is 154 Å². The van der Waals surface area contributed by atoms with E-state index < -0.39 is 10.0 Å². The second-order valence-electron chi connectivity index (χ2n) is 7.30. The van der Waals surface area contributed by atoms with E-state index >= 15 is 0 Å². The normalized spacial score (nSPS) is 19.3. The summed E-state index contributed by atoms with van der Waals surface area (Å²) in [6.45, 7) is 3.97. The molecule has 2 aromatic rings. The first-order valence-corrected chi connectivity index (χ1v) is 10.4. The van der Waals surface area contributed by atoms with Gasteiger partial charge in [-0.05, 0) is 69.0 Å². The number of hydrogen-bond acceptors (Lipinski definition) is 3. The molecule has 0 spiro atoms. The van der Waals surface area contributed by atoms with Gasteiger partial charge in [0.2, 0.25) is 5.91 Å². The molecule has 1 aliphatic carbocycles. The van der Waals surface area contributed by atoms with Crippen LogP contribution in [0.25, 0.3) is 0 Å². The summed E-state index contributed by atoms with van der Waals surface area (Å²) in [5.41, 5.74) is 3.37. The summed E-state index contributed by atoms with van der Waals surface area (Å²) >= 11 is 0. The van der Waals surface area contributed by atoms with Crippen LogP contribution in [0, 0.1) is 12.8 Å². The summed E-state index contributed by atoms with van der Waals surface area (Å²) in [5.74, 6) is 0.319. The molecule has 2 aliphatic rings. The third-order valence-electron chi connectivity index (χ3n) is 5.04. The zero-order valence-electron chi connectivity index (χ0n) is 14.9. The lowest BCUT2D eigenvalue weighted by atomic mass is 10.1. The van der Waals surface area contributed by atoms with Crippen LogP contribution in [-0.2, 0) is 21.2 Å². The van der Waals surface area contributed by atoms with E-state index in [1.807, 2.05) is 30.9 Å². The molecular formula is C20H22N2O3S. The van der Waals surface area contributed by atoms with Gasteiger partial charge in [-0.15, -0.1) is 0 Å². The number of hydrogen-bond donors (Lipinski definition) is 1. The summed E-state index contributed by atoms with van der Waals surface area (Å²) in [5, 5.41) is 0. The molecule has 1 saturated carbocycles. The van der Waals surface area contributed by atoms with Crippen molar-refractivity contribution in [2.75, 3.05) is 9.62 Å². The highest BCUT2D eigenvalue weighted by atomic mass is 32.2. The van der Waals surface area contributed by atoms with Crippen LogP contribution in [0.4, 0.5) is 11.4 Å². The van der Waals surface area contributed by atoms with E-state index in [4.69, 9.17) is 0 Å². The van der Waals surface area contributed by atoms with Crippen LogP contribution in [0.5, 0.6) is 0 Å². The Balaban J connectivity index is 1.62. The summed E-state index contributed by atoms with van der Waals surface area (Å²) in [6.07, 6.45) is 2.61. The van der Waals surface area contributed by atoms with Crippen LogP contribution in [-0.4, -0.2) is 20.4 Å². The monoisotopic (exact) mass is 370 g/mol. The Hall–Kier alpha value is -2.34. The van der Waals surface area contributed by atoms with Gasteiger partial charge in [-0.1, -0.05) is 17.7 Å². The van der Waals surface area contributed by atoms with Gasteiger partial charge in [0.15, 0.2) is 0 Å². The van der Waals surface area contributed by atoms with Crippen molar-refractivity contribution in [3.8, 4) is 0 Å². The first-order valence-electron chi connectivity index (χ1n) is 8.90. The second kappa shape index (κ2) is 6.13. The van der Waals surface area contributed by atoms with Crippen LogP contribution in [0.1, 0.15) is 30.9 Å². The summed E-state index contributed by atoms with van der Waals surface area (Å²) in [4.78, 5) is 14.6. The maximum absolute atomic E-state index is 12.7. The molecule has 2 aromatic carbocycles. The number of nitrogens with one attached hydrogen (secondary N) is 1. The molecule has 1 atom stereocenters. The van der Waals surface area contributed by atoms with Crippen molar-refractivity contribution in [2.24, 2.45) is 5.92 Å². The number of amides is 1. The minimum atomic E-state index is -3.66. The van der Waals surface area contributed by atoms with Gasteiger partial charge in [-0.3, -0.25) is 9.52 Å². The van der Waals surface area contributed by atoms with E-state index in [-0.39, 0.29) is 22.8 Å². The van der Waals surface area contributed by atoms with Crippen molar-refractivity contribution in [2.45, 2.75) is 44.0 Å². The molecule has 1 amide bonds. The van der Waals surface area contributed by atoms with Gasteiger partial charge in [0.25, 0.3) is 10.0 Å². The first kappa shape index (κ1) is 17.1. The molecule has 0 unspecified atom stereocenters. The van der Waals surface area contributed by atoms with Crippen LogP contribution < -0.4 is 9.62 Å². The number of sulfonamides is 1. The summed E-state index contributed by atoms with van der Waals surface area (Å²) in [6, 6.07) is 12.3. The van der Waals surface area contributed by atoms with Crippen molar-refractivity contribution in [1.82, 2.24) is 0 Å². The topological polar surface area (TPSA) is 66.5 Å². The number of carbonyl (C=O) groups is 1. The Kier molecular flexibility index (Phi) is 4.03. The Morgan fingerprint density at radius 1 is 1.12 bits per heavy atom. The molecule has 6 heteroatoms. The van der Waals surface area contributed by atoms with Crippen molar-refractivity contribution in [3.05, 3.63) is 53.6 Å². The number of rotatable bonds is 4. The van der Waals surface area contributed by atoms with E-state index in [1.165, 1.54) is 0 Å². The summed E-state index contributed by atoms with van der Waals surface area (Å²) < 4.78 is 28.0. The molecule has 1 fully saturated rings. The van der Waals surface area contributed by atoms with E-state index in [2.05, 4.69) is 4.72 Å². The van der Waals surface area contributed by atoms with Gasteiger partial charge in [-0.2, -0.15) is 0 Å². The molecule has 0 aromatic heterocycles. The number of carbonyl (C=O) groups excluding carboxylic acids is 1. The van der Waals surface area contributed by atoms with Gasteiger partial charge in [-0.25, -0.2) is 8.42 Å². The molecule has 0 saturated heterocycles. The Bertz CT molecular complexity index is 963. The fraction of sp³-hybridized carbons (Fsp3) is 0.350. The Morgan fingerprint density at radius 3 is 2.46 bits per heavy atom. The molecule has 1 heterocycles. The third-order valence-corrected chi connectivity index (χ3v) is 6.42. The number of anilines is 2. The van der Waals surface area contributed by atoms with E-state index in [0.29, 0.717) is 12.1 Å². The number of benzene rings is 2. The fourth-order valence-corrected chi connectivity index (χ4v) is 4.58. The molecule has 1 N–H and O–H groups in total. The summed E-state index contributed by atoms with van der Waals surface area (Å²) in [7, 11) is -3.66. The lowest BCUT2D eigenvalue weighted by molar-refractivity contribution is -0.120. The van der Waals surface area contributed by atoms with Crippen molar-refractivity contribution >= 4 is 27.3 Å². The second-order valence-corrected chi connectivity index (χ2v) is 8.98. The van der Waals surface area contributed by atoms with Gasteiger partial charge < -0.3 is 4.90 Å². The van der Waals surface area contributed by atoms with E-state index in [1.54, 1.807) is 30.3 Å². The third kappa shape index (κ3) is 3.09. The van der Waals surface area contributed by atoms with Gasteiger partial charge >= 0.3 is 0 Å². The average molecular weight is 370 g/mol. The predicted octanol–water partition coefficient (Wildman–Crippen LogP) is 3.48. The maximum atomic E-state index is 12.7. The highest BCUT2D eigenvalue weighted by molar-refractivity contribution is 7.92. The molecular weight excluding hydrogens is 348 g/mol. The van der Waals surface area contributed by atoms with Crippen molar-refractivity contribution in [3.63, 3.8) is 0 Å². The van der Waals surface area contributed by atoms with Crippen molar-refractivity contribution in [1.29, 1.82) is 0 Å². The van der Waals surface area contributed by atoms with Crippen LogP contribution in [0.3, 0.4) is 0 Å². The molecule has 1 aliphatic heterocycles. The van der Waals surface area contributed by atoms with E-state index in [0.717, 1.165) is 29.7 Å². The Morgan fingerprint density at radius 2 is 1.81 bits per heavy atom. The van der Waals surface area contributed by atoms with E-state index in [9.17, 15) is 13.2 Å². The predicted molar refractivity (Wildman–Crippen MR) is 102 cm³/mol. The minimum Gasteiger partial charge on any atom is -0.309 e. The number of fused-ring (bicyclic) bond motifs is 1. The first-order chi connectivity index (χ1) is 12.3. The molecule has 5 nitrogen and oxygen atoms in total. The lowest BCUT2D eigenvalue weighted by Crippen LogP contribution is -2.36. The fourth-order valence-electron chi connectivity index (χ4n) is 3.47. The van der Waals surface area contributed by atoms with Crippen LogP contribution in [0.15, 0.2) is 47.4 Å². The molecule has 0 bridgehead atoms. The van der Waals surface area contributed by atoms with Crippen LogP contribution >= 0.6 is 0 Å². The molecule has 4 rings (SSSR count). The zero-order valence-corrected chi connectivity index (χ0v) is 15.7. The van der Waals surface area contributed by atoms with Crippen molar-refractivity contribution < 1.29 is 13.2 Å². The number of nitrogens with zero attached hydrogens (tertiary/aromatic N) is 1. The van der Waals surface area contributed by atoms with Gasteiger partial charge in [0, 0.05) is 23.3 Å². The highest BCUT2D eigenvalue weighted by Gasteiger charge is 2.39. The molecule has 0 radical (unpaired) electrons. The smallest absolute Gasteiger partial charge is 0.261 e. The standard InChI is InChI=1S/C20H22N2O3S/c1-13-3-7-17(8-4-13)21-26(24,25)18-9-10-19-16(12-18)11-14(2)22(19)20(23)15-5-6-15/h3-4,7-10,12,14-15,21H,5-6,11H2,1-2H3/t14-/m1/s1. The average Bonchev–Trinajstić information content (AvgIpc) is 3.38. The number of aryl methyl sites for hydroxylation is 1. The van der Waals surface area contributed by atoms with Gasteiger partial charge in [0.05, 0.1) is 4.90 Å². The SMILES string of the molecule is Cc1ccc(NS(=O)(=O)c2ccc3c(c2)C[C@@H](C)N3C(=O)C2CC2)cc1. The lowest BCUT2D eigenvalue weighted by Gasteiger charge is -2.22. The minimum absolute atomic E-state index is 0.0705. The highest BCUT2D eigenvalue weighted by Crippen LogP contribution is 2.39. The maximum Gasteiger partial charge on any atom is 0.261 e. The van der Waals surface area contributed by atoms with Crippen LogP contribution in [0.2, 0.25) is 0 Å². The zero-order chi connectivity index (χ0) is 18.5. The van der Waals surface area contributed by atoms with Gasteiger partial charge in [0.1, 0.15) is 0 Å². The molecule has 26 heavy (non-hydrogen) atoms. The molecule has 136 valence electrons. The largest absolute Gasteiger partial charge is 0.309 e.